The highest BCUT2D eigenvalue weighted by molar-refractivity contribution is 5.92. The molecule has 0 atom stereocenters. The summed E-state index contributed by atoms with van der Waals surface area (Å²) >= 11 is 0. The summed E-state index contributed by atoms with van der Waals surface area (Å²) in [4.78, 5) is 12.0. The van der Waals surface area contributed by atoms with Crippen LogP contribution in [0.3, 0.4) is 0 Å². The second-order valence-electron chi connectivity index (χ2n) is 4.75. The van der Waals surface area contributed by atoms with Gasteiger partial charge in [-0.3, -0.25) is 4.79 Å². The Morgan fingerprint density at radius 1 is 1.05 bits per heavy atom. The zero-order chi connectivity index (χ0) is 14.4. The van der Waals surface area contributed by atoms with Gasteiger partial charge in [-0.2, -0.15) is 0 Å². The molecule has 104 valence electrons. The van der Waals surface area contributed by atoms with Gasteiger partial charge < -0.3 is 10.4 Å². The molecular weight excluding hydrogens is 250 g/mol. The Bertz CT molecular complexity index is 576. The van der Waals surface area contributed by atoms with Crippen LogP contribution < -0.4 is 5.32 Å². The Balaban J connectivity index is 1.97. The smallest absolute Gasteiger partial charge is 0.228 e. The van der Waals surface area contributed by atoms with Gasteiger partial charge >= 0.3 is 0 Å². The van der Waals surface area contributed by atoms with Gasteiger partial charge in [-0.05, 0) is 35.2 Å². The Labute approximate surface area is 119 Å². The molecule has 2 N–H and O–H groups in total. The number of aryl methyl sites for hydroxylation is 1. The second kappa shape index (κ2) is 6.87. The Kier molecular flexibility index (Phi) is 4.91. The van der Waals surface area contributed by atoms with E-state index in [2.05, 4.69) is 24.4 Å². The third-order valence-electron chi connectivity index (χ3n) is 3.19. The van der Waals surface area contributed by atoms with Crippen LogP contribution in [0.4, 0.5) is 5.69 Å². The SMILES string of the molecule is CCc1ccc(CC(=O)Nc2cccc(CO)c2)cc1. The molecule has 0 fully saturated rings. The van der Waals surface area contributed by atoms with Gasteiger partial charge in [0.05, 0.1) is 13.0 Å². The van der Waals surface area contributed by atoms with E-state index in [9.17, 15) is 4.79 Å². The topological polar surface area (TPSA) is 49.3 Å². The van der Waals surface area contributed by atoms with Crippen LogP contribution in [0, 0.1) is 0 Å². The standard InChI is InChI=1S/C17H19NO2/c1-2-13-6-8-14(9-7-13)11-17(20)18-16-5-3-4-15(10-16)12-19/h3-10,19H,2,11-12H2,1H3,(H,18,20). The van der Waals surface area contributed by atoms with E-state index < -0.39 is 0 Å². The molecule has 0 spiro atoms. The number of anilines is 1. The average molecular weight is 269 g/mol. The molecule has 0 heterocycles. The molecule has 0 aliphatic heterocycles. The third-order valence-corrected chi connectivity index (χ3v) is 3.19. The number of carbonyl (C=O) groups excluding carboxylic acids is 1. The minimum atomic E-state index is -0.0515. The lowest BCUT2D eigenvalue weighted by atomic mass is 10.1. The van der Waals surface area contributed by atoms with Crippen LogP contribution in [0.15, 0.2) is 48.5 Å². The van der Waals surface area contributed by atoms with Crippen LogP contribution in [0.2, 0.25) is 0 Å². The van der Waals surface area contributed by atoms with E-state index in [0.29, 0.717) is 12.1 Å². The molecule has 0 saturated carbocycles. The van der Waals surface area contributed by atoms with Gasteiger partial charge in [-0.15, -0.1) is 0 Å². The highest BCUT2D eigenvalue weighted by Crippen LogP contribution is 2.12. The van der Waals surface area contributed by atoms with E-state index in [-0.39, 0.29) is 12.5 Å². The lowest BCUT2D eigenvalue weighted by molar-refractivity contribution is -0.115. The quantitative estimate of drug-likeness (QED) is 0.876. The number of aliphatic hydroxyl groups is 1. The third kappa shape index (κ3) is 3.93. The zero-order valence-electron chi connectivity index (χ0n) is 11.6. The van der Waals surface area contributed by atoms with E-state index in [1.54, 1.807) is 6.07 Å². The summed E-state index contributed by atoms with van der Waals surface area (Å²) in [7, 11) is 0. The predicted molar refractivity (Wildman–Crippen MR) is 80.5 cm³/mol. The highest BCUT2D eigenvalue weighted by Gasteiger charge is 2.04. The van der Waals surface area contributed by atoms with Crippen molar-refractivity contribution >= 4 is 11.6 Å². The van der Waals surface area contributed by atoms with Crippen LogP contribution in [0.25, 0.3) is 0 Å². The monoisotopic (exact) mass is 269 g/mol. The molecule has 0 bridgehead atoms. The summed E-state index contributed by atoms with van der Waals surface area (Å²) in [6.07, 6.45) is 1.35. The van der Waals surface area contributed by atoms with E-state index in [1.807, 2.05) is 30.3 Å². The first kappa shape index (κ1) is 14.3. The fourth-order valence-electron chi connectivity index (χ4n) is 2.03. The second-order valence-corrected chi connectivity index (χ2v) is 4.75. The average Bonchev–Trinajstić information content (AvgIpc) is 2.48. The lowest BCUT2D eigenvalue weighted by Gasteiger charge is -2.07. The van der Waals surface area contributed by atoms with Crippen molar-refractivity contribution in [3.8, 4) is 0 Å². The van der Waals surface area contributed by atoms with Gasteiger partial charge in [0.1, 0.15) is 0 Å². The number of carbonyl (C=O) groups is 1. The van der Waals surface area contributed by atoms with Gasteiger partial charge in [0.2, 0.25) is 5.91 Å². The van der Waals surface area contributed by atoms with Crippen LogP contribution in [0.1, 0.15) is 23.6 Å². The van der Waals surface area contributed by atoms with E-state index >= 15 is 0 Å². The van der Waals surface area contributed by atoms with Gasteiger partial charge in [-0.25, -0.2) is 0 Å². The summed E-state index contributed by atoms with van der Waals surface area (Å²) in [5.41, 5.74) is 3.77. The molecule has 3 nitrogen and oxygen atoms in total. The summed E-state index contributed by atoms with van der Waals surface area (Å²) in [6, 6.07) is 15.3. The number of hydrogen-bond donors (Lipinski definition) is 2. The molecular formula is C17H19NO2. The number of rotatable bonds is 5. The van der Waals surface area contributed by atoms with Crippen LogP contribution in [-0.2, 0) is 24.2 Å². The lowest BCUT2D eigenvalue weighted by Crippen LogP contribution is -2.14. The normalized spacial score (nSPS) is 10.3. The van der Waals surface area contributed by atoms with Crippen molar-refractivity contribution in [2.45, 2.75) is 26.4 Å². The van der Waals surface area contributed by atoms with E-state index in [1.165, 1.54) is 5.56 Å². The summed E-state index contributed by atoms with van der Waals surface area (Å²) < 4.78 is 0. The van der Waals surface area contributed by atoms with E-state index in [4.69, 9.17) is 5.11 Å². The zero-order valence-corrected chi connectivity index (χ0v) is 11.6. The maximum Gasteiger partial charge on any atom is 0.228 e. The number of benzene rings is 2. The first-order valence-electron chi connectivity index (χ1n) is 6.78. The number of aliphatic hydroxyl groups excluding tert-OH is 1. The van der Waals surface area contributed by atoms with Crippen molar-refractivity contribution in [2.24, 2.45) is 0 Å². The molecule has 2 rings (SSSR count). The molecule has 2 aromatic rings. The number of hydrogen-bond acceptors (Lipinski definition) is 2. The Morgan fingerprint density at radius 2 is 1.75 bits per heavy atom. The number of nitrogens with one attached hydrogen (secondary N) is 1. The molecule has 2 aromatic carbocycles. The first-order valence-corrected chi connectivity index (χ1v) is 6.78. The molecule has 0 aliphatic carbocycles. The minimum absolute atomic E-state index is 0.0256. The highest BCUT2D eigenvalue weighted by atomic mass is 16.3. The molecule has 0 saturated heterocycles. The van der Waals surface area contributed by atoms with Gasteiger partial charge in [0.25, 0.3) is 0 Å². The molecule has 0 radical (unpaired) electrons. The fraction of sp³-hybridized carbons (Fsp3) is 0.235. The Morgan fingerprint density at radius 3 is 2.40 bits per heavy atom. The largest absolute Gasteiger partial charge is 0.392 e. The molecule has 3 heteroatoms. The van der Waals surface area contributed by atoms with Gasteiger partial charge in [0, 0.05) is 5.69 Å². The van der Waals surface area contributed by atoms with Crippen molar-refractivity contribution in [3.63, 3.8) is 0 Å². The fourth-order valence-corrected chi connectivity index (χ4v) is 2.03. The predicted octanol–water partition coefficient (Wildman–Crippen LogP) is 2.92. The Hall–Kier alpha value is -2.13. The van der Waals surface area contributed by atoms with Crippen LogP contribution in [-0.4, -0.2) is 11.0 Å². The van der Waals surface area contributed by atoms with Crippen LogP contribution >= 0.6 is 0 Å². The van der Waals surface area contributed by atoms with E-state index in [0.717, 1.165) is 17.5 Å². The van der Waals surface area contributed by atoms with Crippen molar-refractivity contribution in [2.75, 3.05) is 5.32 Å². The number of amides is 1. The van der Waals surface area contributed by atoms with Gasteiger partial charge in [0.15, 0.2) is 0 Å². The molecule has 0 unspecified atom stereocenters. The van der Waals surface area contributed by atoms with Crippen molar-refractivity contribution in [1.29, 1.82) is 0 Å². The molecule has 0 aliphatic rings. The van der Waals surface area contributed by atoms with Crippen LogP contribution in [0.5, 0.6) is 0 Å². The minimum Gasteiger partial charge on any atom is -0.392 e. The molecule has 0 aromatic heterocycles. The van der Waals surface area contributed by atoms with Gasteiger partial charge in [-0.1, -0.05) is 43.3 Å². The maximum atomic E-state index is 12.0. The summed E-state index contributed by atoms with van der Waals surface area (Å²) in [5, 5.41) is 11.9. The molecule has 1 amide bonds. The summed E-state index contributed by atoms with van der Waals surface area (Å²) in [6.45, 7) is 2.08. The maximum absolute atomic E-state index is 12.0. The van der Waals surface area contributed by atoms with Crippen molar-refractivity contribution in [3.05, 3.63) is 65.2 Å². The molecule has 20 heavy (non-hydrogen) atoms. The van der Waals surface area contributed by atoms with Crippen molar-refractivity contribution < 1.29 is 9.90 Å². The first-order chi connectivity index (χ1) is 9.71. The summed E-state index contributed by atoms with van der Waals surface area (Å²) in [5.74, 6) is -0.0515. The van der Waals surface area contributed by atoms with Crippen molar-refractivity contribution in [1.82, 2.24) is 0 Å².